The summed E-state index contributed by atoms with van der Waals surface area (Å²) in [5.74, 6) is 0.312. The Morgan fingerprint density at radius 3 is 2.81 bits per heavy atom. The molecule has 1 N–H and O–H groups in total. The zero-order chi connectivity index (χ0) is 11.5. The van der Waals surface area contributed by atoms with Crippen LogP contribution in [0.2, 0.25) is 0 Å². The SMILES string of the molecule is CCc1ccc(CC(O)C2CCOC2C)s1. The topological polar surface area (TPSA) is 29.5 Å². The van der Waals surface area contributed by atoms with Crippen LogP contribution in [0.4, 0.5) is 0 Å². The second-order valence-corrected chi connectivity index (χ2v) is 5.77. The Kier molecular flexibility index (Phi) is 4.00. The van der Waals surface area contributed by atoms with Gasteiger partial charge in [-0.3, -0.25) is 0 Å². The molecule has 3 heteroatoms. The maximum absolute atomic E-state index is 10.2. The molecule has 1 aromatic rings. The minimum absolute atomic E-state index is 0.209. The van der Waals surface area contributed by atoms with E-state index in [1.807, 2.05) is 11.3 Å². The third-order valence-electron chi connectivity index (χ3n) is 3.41. The molecule has 0 radical (unpaired) electrons. The van der Waals surface area contributed by atoms with E-state index in [2.05, 4.69) is 26.0 Å². The molecule has 0 aromatic carbocycles. The Balaban J connectivity index is 1.93. The van der Waals surface area contributed by atoms with Crippen LogP contribution in [0.25, 0.3) is 0 Å². The number of aryl methyl sites for hydroxylation is 1. The summed E-state index contributed by atoms with van der Waals surface area (Å²) >= 11 is 1.82. The van der Waals surface area contributed by atoms with E-state index < -0.39 is 0 Å². The van der Waals surface area contributed by atoms with Crippen LogP contribution in [0, 0.1) is 5.92 Å². The minimum Gasteiger partial charge on any atom is -0.392 e. The molecule has 3 unspecified atom stereocenters. The summed E-state index contributed by atoms with van der Waals surface area (Å²) < 4.78 is 5.49. The summed E-state index contributed by atoms with van der Waals surface area (Å²) in [7, 11) is 0. The van der Waals surface area contributed by atoms with Crippen molar-refractivity contribution in [1.82, 2.24) is 0 Å². The largest absolute Gasteiger partial charge is 0.392 e. The van der Waals surface area contributed by atoms with E-state index in [9.17, 15) is 5.11 Å². The van der Waals surface area contributed by atoms with Gasteiger partial charge in [0.2, 0.25) is 0 Å². The molecule has 1 aliphatic rings. The van der Waals surface area contributed by atoms with E-state index in [1.165, 1.54) is 9.75 Å². The fraction of sp³-hybridized carbons (Fsp3) is 0.692. The van der Waals surface area contributed by atoms with Crippen molar-refractivity contribution < 1.29 is 9.84 Å². The molecule has 1 aliphatic heterocycles. The fourth-order valence-corrected chi connectivity index (χ4v) is 3.34. The van der Waals surface area contributed by atoms with Gasteiger partial charge in [-0.1, -0.05) is 6.92 Å². The summed E-state index contributed by atoms with van der Waals surface area (Å²) in [6, 6.07) is 4.31. The van der Waals surface area contributed by atoms with E-state index in [0.29, 0.717) is 5.92 Å². The van der Waals surface area contributed by atoms with Crippen LogP contribution in [0.3, 0.4) is 0 Å². The summed E-state index contributed by atoms with van der Waals surface area (Å²) in [5.41, 5.74) is 0. The molecule has 0 spiro atoms. The highest BCUT2D eigenvalue weighted by molar-refractivity contribution is 7.11. The first-order valence-electron chi connectivity index (χ1n) is 6.08. The van der Waals surface area contributed by atoms with E-state index in [4.69, 9.17) is 4.74 Å². The van der Waals surface area contributed by atoms with E-state index in [1.54, 1.807) is 0 Å². The monoisotopic (exact) mass is 240 g/mol. The molecule has 0 amide bonds. The maximum atomic E-state index is 10.2. The van der Waals surface area contributed by atoms with Crippen LogP contribution in [0.15, 0.2) is 12.1 Å². The first-order chi connectivity index (χ1) is 7.70. The highest BCUT2D eigenvalue weighted by Gasteiger charge is 2.30. The number of rotatable bonds is 4. The van der Waals surface area contributed by atoms with Crippen molar-refractivity contribution in [2.45, 2.75) is 45.3 Å². The predicted octanol–water partition coefficient (Wildman–Crippen LogP) is 2.64. The van der Waals surface area contributed by atoms with Gasteiger partial charge >= 0.3 is 0 Å². The molecule has 1 saturated heterocycles. The minimum atomic E-state index is -0.249. The fourth-order valence-electron chi connectivity index (χ4n) is 2.33. The lowest BCUT2D eigenvalue weighted by Gasteiger charge is -2.20. The van der Waals surface area contributed by atoms with Crippen molar-refractivity contribution >= 4 is 11.3 Å². The number of hydrogen-bond donors (Lipinski definition) is 1. The van der Waals surface area contributed by atoms with Crippen LogP contribution < -0.4 is 0 Å². The number of thiophene rings is 1. The molecule has 0 saturated carbocycles. The van der Waals surface area contributed by atoms with E-state index >= 15 is 0 Å². The van der Waals surface area contributed by atoms with Crippen LogP contribution >= 0.6 is 11.3 Å². The van der Waals surface area contributed by atoms with Crippen molar-refractivity contribution in [1.29, 1.82) is 0 Å². The quantitative estimate of drug-likeness (QED) is 0.876. The first kappa shape index (κ1) is 12.1. The van der Waals surface area contributed by atoms with Crippen molar-refractivity contribution in [2.24, 2.45) is 5.92 Å². The van der Waals surface area contributed by atoms with Crippen LogP contribution in [-0.4, -0.2) is 23.9 Å². The molecule has 16 heavy (non-hydrogen) atoms. The van der Waals surface area contributed by atoms with Gasteiger partial charge in [0.05, 0.1) is 12.2 Å². The number of aliphatic hydroxyl groups is 1. The normalized spacial score (nSPS) is 27.2. The van der Waals surface area contributed by atoms with Gasteiger partial charge in [-0.2, -0.15) is 0 Å². The summed E-state index contributed by atoms with van der Waals surface area (Å²) in [6.07, 6.45) is 2.82. The summed E-state index contributed by atoms with van der Waals surface area (Å²) in [6.45, 7) is 5.03. The number of hydrogen-bond acceptors (Lipinski definition) is 3. The molecule has 3 atom stereocenters. The van der Waals surface area contributed by atoms with Gasteiger partial charge in [0.15, 0.2) is 0 Å². The average molecular weight is 240 g/mol. The molecular formula is C13H20O2S. The van der Waals surface area contributed by atoms with Gasteiger partial charge in [-0.25, -0.2) is 0 Å². The summed E-state index contributed by atoms with van der Waals surface area (Å²) in [5, 5.41) is 10.2. The third kappa shape index (κ3) is 2.65. The molecule has 2 rings (SSSR count). The second-order valence-electron chi connectivity index (χ2n) is 4.52. The molecule has 90 valence electrons. The smallest absolute Gasteiger partial charge is 0.0642 e. The predicted molar refractivity (Wildman–Crippen MR) is 66.9 cm³/mol. The Bertz CT molecular complexity index is 334. The van der Waals surface area contributed by atoms with Crippen molar-refractivity contribution in [2.75, 3.05) is 6.61 Å². The van der Waals surface area contributed by atoms with Gasteiger partial charge in [0, 0.05) is 28.7 Å². The molecule has 0 bridgehead atoms. The molecule has 2 nitrogen and oxygen atoms in total. The van der Waals surface area contributed by atoms with Crippen molar-refractivity contribution in [3.05, 3.63) is 21.9 Å². The number of ether oxygens (including phenoxy) is 1. The lowest BCUT2D eigenvalue weighted by molar-refractivity contribution is 0.0444. The molecule has 1 fully saturated rings. The van der Waals surface area contributed by atoms with Gasteiger partial charge in [-0.15, -0.1) is 11.3 Å². The Labute approximate surface area is 101 Å². The third-order valence-corrected chi connectivity index (χ3v) is 4.66. The standard InChI is InChI=1S/C13H20O2S/c1-3-10-4-5-11(16-10)8-13(14)12-6-7-15-9(12)2/h4-5,9,12-14H,3,6-8H2,1-2H3. The summed E-state index contributed by atoms with van der Waals surface area (Å²) in [4.78, 5) is 2.70. The Morgan fingerprint density at radius 1 is 1.50 bits per heavy atom. The van der Waals surface area contributed by atoms with Crippen LogP contribution in [-0.2, 0) is 17.6 Å². The van der Waals surface area contributed by atoms with Crippen molar-refractivity contribution in [3.63, 3.8) is 0 Å². The first-order valence-corrected chi connectivity index (χ1v) is 6.89. The Morgan fingerprint density at radius 2 is 2.25 bits per heavy atom. The maximum Gasteiger partial charge on any atom is 0.0642 e. The van der Waals surface area contributed by atoms with Crippen LogP contribution in [0.1, 0.15) is 30.0 Å². The van der Waals surface area contributed by atoms with Crippen molar-refractivity contribution in [3.8, 4) is 0 Å². The lowest BCUT2D eigenvalue weighted by atomic mass is 9.93. The lowest BCUT2D eigenvalue weighted by Crippen LogP contribution is -2.27. The average Bonchev–Trinajstić information content (AvgIpc) is 2.86. The van der Waals surface area contributed by atoms with Gasteiger partial charge in [-0.05, 0) is 31.9 Å². The van der Waals surface area contributed by atoms with Gasteiger partial charge in [0.1, 0.15) is 0 Å². The molecule has 2 heterocycles. The van der Waals surface area contributed by atoms with Gasteiger partial charge < -0.3 is 9.84 Å². The second kappa shape index (κ2) is 5.30. The van der Waals surface area contributed by atoms with Crippen LogP contribution in [0.5, 0.6) is 0 Å². The van der Waals surface area contributed by atoms with Gasteiger partial charge in [0.25, 0.3) is 0 Å². The molecule has 0 aliphatic carbocycles. The highest BCUT2D eigenvalue weighted by atomic mass is 32.1. The Hall–Kier alpha value is -0.380. The van der Waals surface area contributed by atoms with E-state index in [-0.39, 0.29) is 12.2 Å². The van der Waals surface area contributed by atoms with E-state index in [0.717, 1.165) is 25.9 Å². The molecular weight excluding hydrogens is 220 g/mol. The zero-order valence-corrected chi connectivity index (χ0v) is 10.8. The number of aliphatic hydroxyl groups excluding tert-OH is 1. The highest BCUT2D eigenvalue weighted by Crippen LogP contribution is 2.27. The zero-order valence-electron chi connectivity index (χ0n) is 9.98. The molecule has 1 aromatic heterocycles.